The second kappa shape index (κ2) is 6.31. The van der Waals surface area contributed by atoms with Crippen LogP contribution in [0.4, 0.5) is 4.39 Å². The van der Waals surface area contributed by atoms with Crippen molar-refractivity contribution < 1.29 is 9.18 Å². The molecule has 5 heteroatoms. The Kier molecular flexibility index (Phi) is 3.99. The van der Waals surface area contributed by atoms with Crippen LogP contribution in [-0.2, 0) is 4.79 Å². The Labute approximate surface area is 146 Å². The van der Waals surface area contributed by atoms with E-state index < -0.39 is 0 Å². The van der Waals surface area contributed by atoms with Gasteiger partial charge in [0.2, 0.25) is 0 Å². The molecule has 4 rings (SSSR count). The van der Waals surface area contributed by atoms with Gasteiger partial charge < -0.3 is 9.80 Å². The van der Waals surface area contributed by atoms with Crippen LogP contribution in [0, 0.1) is 5.82 Å². The number of amides is 1. The molecular formula is C20H20FN3O. The average molecular weight is 337 g/mol. The van der Waals surface area contributed by atoms with Crippen LogP contribution in [0.1, 0.15) is 24.8 Å². The van der Waals surface area contributed by atoms with E-state index in [1.807, 2.05) is 23.1 Å². The van der Waals surface area contributed by atoms with E-state index in [0.717, 1.165) is 42.8 Å². The Hall–Kier alpha value is -2.69. The summed E-state index contributed by atoms with van der Waals surface area (Å²) in [6, 6.07) is 6.88. The van der Waals surface area contributed by atoms with Crippen molar-refractivity contribution in [1.29, 1.82) is 0 Å². The SMILES string of the molecule is C=N/C=C\C=C1/CC(c2cccc(F)c2)=C2C(=O)N(C3CC3)CCN21. The van der Waals surface area contributed by atoms with Gasteiger partial charge in [-0.15, -0.1) is 0 Å². The maximum Gasteiger partial charge on any atom is 0.271 e. The van der Waals surface area contributed by atoms with Gasteiger partial charge in [0, 0.05) is 37.4 Å². The topological polar surface area (TPSA) is 35.9 Å². The highest BCUT2D eigenvalue weighted by Crippen LogP contribution is 2.42. The summed E-state index contributed by atoms with van der Waals surface area (Å²) in [6.07, 6.45) is 8.20. The van der Waals surface area contributed by atoms with Crippen LogP contribution in [0.25, 0.3) is 5.57 Å². The summed E-state index contributed by atoms with van der Waals surface area (Å²) in [7, 11) is 0. The van der Waals surface area contributed by atoms with Gasteiger partial charge in [0.15, 0.2) is 0 Å². The summed E-state index contributed by atoms with van der Waals surface area (Å²) in [6.45, 7) is 4.95. The van der Waals surface area contributed by atoms with Gasteiger partial charge in [0.05, 0.1) is 0 Å². The summed E-state index contributed by atoms with van der Waals surface area (Å²) >= 11 is 0. The molecule has 1 saturated heterocycles. The number of rotatable bonds is 4. The molecule has 0 spiro atoms. The number of piperazine rings is 1. The second-order valence-corrected chi connectivity index (χ2v) is 6.58. The fourth-order valence-electron chi connectivity index (χ4n) is 3.63. The quantitative estimate of drug-likeness (QED) is 0.790. The molecule has 0 N–H and O–H groups in total. The minimum absolute atomic E-state index is 0.0715. The van der Waals surface area contributed by atoms with E-state index in [-0.39, 0.29) is 11.7 Å². The first-order valence-electron chi connectivity index (χ1n) is 8.58. The maximum atomic E-state index is 13.7. The molecule has 1 amide bonds. The van der Waals surface area contributed by atoms with E-state index in [1.54, 1.807) is 12.3 Å². The van der Waals surface area contributed by atoms with Crippen LogP contribution in [0.2, 0.25) is 0 Å². The van der Waals surface area contributed by atoms with Gasteiger partial charge in [-0.05, 0) is 55.0 Å². The molecule has 25 heavy (non-hydrogen) atoms. The zero-order valence-corrected chi connectivity index (χ0v) is 14.0. The van der Waals surface area contributed by atoms with Crippen molar-refractivity contribution in [1.82, 2.24) is 9.80 Å². The molecule has 0 atom stereocenters. The van der Waals surface area contributed by atoms with Crippen LogP contribution >= 0.6 is 0 Å². The van der Waals surface area contributed by atoms with Crippen LogP contribution < -0.4 is 0 Å². The Morgan fingerprint density at radius 2 is 2.12 bits per heavy atom. The number of fused-ring (bicyclic) bond motifs is 1. The van der Waals surface area contributed by atoms with Gasteiger partial charge in [0.25, 0.3) is 5.91 Å². The number of carbonyl (C=O) groups is 1. The van der Waals surface area contributed by atoms with E-state index in [2.05, 4.69) is 16.6 Å². The number of nitrogens with zero attached hydrogens (tertiary/aromatic N) is 3. The molecule has 1 saturated carbocycles. The number of hydrogen-bond donors (Lipinski definition) is 0. The standard InChI is InChI=1S/C20H20FN3O/c1-22-9-3-6-17-13-18(14-4-2-5-15(21)12-14)19-20(25)24(16-7-8-16)11-10-23(17)19/h2-6,9,12,16H,1,7-8,10-11,13H2/b9-3-,17-6+. The van der Waals surface area contributed by atoms with Crippen LogP contribution in [0.3, 0.4) is 0 Å². The highest BCUT2D eigenvalue weighted by atomic mass is 19.1. The molecule has 4 nitrogen and oxygen atoms in total. The maximum absolute atomic E-state index is 13.7. The van der Waals surface area contributed by atoms with Crippen molar-refractivity contribution in [3.05, 3.63) is 65.4 Å². The number of carbonyl (C=O) groups excluding carboxylic acids is 1. The van der Waals surface area contributed by atoms with Crippen molar-refractivity contribution in [3.8, 4) is 0 Å². The Bertz CT molecular complexity index is 820. The number of aliphatic imine (C=N–C) groups is 1. The van der Waals surface area contributed by atoms with Crippen molar-refractivity contribution >= 4 is 18.2 Å². The summed E-state index contributed by atoms with van der Waals surface area (Å²) in [5.41, 5.74) is 3.43. The van der Waals surface area contributed by atoms with Gasteiger partial charge in [-0.2, -0.15) is 0 Å². The molecule has 0 radical (unpaired) electrons. The average Bonchev–Trinajstić information content (AvgIpc) is 3.37. The predicted octanol–water partition coefficient (Wildman–Crippen LogP) is 3.35. The van der Waals surface area contributed by atoms with Gasteiger partial charge in [-0.25, -0.2) is 4.39 Å². The molecule has 0 bridgehead atoms. The number of allylic oxidation sites excluding steroid dienone is 3. The van der Waals surface area contributed by atoms with Crippen LogP contribution in [0.5, 0.6) is 0 Å². The van der Waals surface area contributed by atoms with Crippen molar-refractivity contribution in [2.24, 2.45) is 4.99 Å². The molecule has 128 valence electrons. The fourth-order valence-corrected chi connectivity index (χ4v) is 3.63. The summed E-state index contributed by atoms with van der Waals surface area (Å²) < 4.78 is 13.7. The van der Waals surface area contributed by atoms with Gasteiger partial charge in [0.1, 0.15) is 11.5 Å². The zero-order chi connectivity index (χ0) is 17.4. The predicted molar refractivity (Wildman–Crippen MR) is 96.2 cm³/mol. The first-order valence-corrected chi connectivity index (χ1v) is 8.58. The smallest absolute Gasteiger partial charge is 0.271 e. The van der Waals surface area contributed by atoms with Crippen LogP contribution in [-0.4, -0.2) is 41.6 Å². The second-order valence-electron chi connectivity index (χ2n) is 6.58. The van der Waals surface area contributed by atoms with E-state index >= 15 is 0 Å². The number of hydrogen-bond acceptors (Lipinski definition) is 3. The third-order valence-corrected chi connectivity index (χ3v) is 4.93. The summed E-state index contributed by atoms with van der Waals surface area (Å²) in [4.78, 5) is 20.9. The molecule has 1 aromatic carbocycles. The van der Waals surface area contributed by atoms with Crippen molar-refractivity contribution in [2.45, 2.75) is 25.3 Å². The lowest BCUT2D eigenvalue weighted by Crippen LogP contribution is -2.47. The first kappa shape index (κ1) is 15.8. The van der Waals surface area contributed by atoms with Gasteiger partial charge in [-0.3, -0.25) is 9.79 Å². The molecule has 0 unspecified atom stereocenters. The molecule has 2 fully saturated rings. The molecule has 1 aliphatic carbocycles. The Balaban J connectivity index is 1.76. The highest BCUT2D eigenvalue weighted by molar-refractivity contribution is 6.03. The minimum Gasteiger partial charge on any atom is -0.338 e. The zero-order valence-electron chi connectivity index (χ0n) is 14.0. The number of benzene rings is 1. The van der Waals surface area contributed by atoms with E-state index in [4.69, 9.17) is 0 Å². The molecule has 2 heterocycles. The van der Waals surface area contributed by atoms with Crippen LogP contribution in [0.15, 0.2) is 59.0 Å². The van der Waals surface area contributed by atoms with Crippen molar-refractivity contribution in [2.75, 3.05) is 13.1 Å². The first-order chi connectivity index (χ1) is 12.2. The fraction of sp³-hybridized carbons (Fsp3) is 0.300. The van der Waals surface area contributed by atoms with Gasteiger partial charge in [-0.1, -0.05) is 12.1 Å². The highest BCUT2D eigenvalue weighted by Gasteiger charge is 2.43. The third-order valence-electron chi connectivity index (χ3n) is 4.93. The lowest BCUT2D eigenvalue weighted by Gasteiger charge is -2.36. The largest absolute Gasteiger partial charge is 0.338 e. The molecular weight excluding hydrogens is 317 g/mol. The summed E-state index contributed by atoms with van der Waals surface area (Å²) in [5.74, 6) is -0.213. The lowest BCUT2D eigenvalue weighted by molar-refractivity contribution is -0.131. The van der Waals surface area contributed by atoms with E-state index in [0.29, 0.717) is 18.2 Å². The minimum atomic E-state index is -0.285. The molecule has 2 aliphatic heterocycles. The Morgan fingerprint density at radius 3 is 2.84 bits per heavy atom. The van der Waals surface area contributed by atoms with Crippen molar-refractivity contribution in [3.63, 3.8) is 0 Å². The molecule has 3 aliphatic rings. The monoisotopic (exact) mass is 337 g/mol. The van der Waals surface area contributed by atoms with Gasteiger partial charge >= 0.3 is 0 Å². The summed E-state index contributed by atoms with van der Waals surface area (Å²) in [5, 5.41) is 0. The molecule has 0 aromatic heterocycles. The Morgan fingerprint density at radius 1 is 1.28 bits per heavy atom. The lowest BCUT2D eigenvalue weighted by atomic mass is 10.0. The van der Waals surface area contributed by atoms with E-state index in [1.165, 1.54) is 12.1 Å². The molecule has 1 aromatic rings. The third kappa shape index (κ3) is 2.90. The van der Waals surface area contributed by atoms with E-state index in [9.17, 15) is 9.18 Å². The number of halogens is 1. The normalized spacial score (nSPS) is 22.3.